The first-order valence-corrected chi connectivity index (χ1v) is 4.51. The summed E-state index contributed by atoms with van der Waals surface area (Å²) in [6.45, 7) is 5.73. The van der Waals surface area contributed by atoms with E-state index in [9.17, 15) is 0 Å². The van der Waals surface area contributed by atoms with Crippen LogP contribution in [0.4, 0.5) is 0 Å². The van der Waals surface area contributed by atoms with Gasteiger partial charge < -0.3 is 16.0 Å². The molecule has 64 valence electrons. The average molecular weight is 155 g/mol. The normalized spacial score (nSPS) is 39.0. The van der Waals surface area contributed by atoms with Crippen molar-refractivity contribution in [3.05, 3.63) is 0 Å². The second kappa shape index (κ2) is 2.73. The number of rotatable bonds is 2. The zero-order valence-electron chi connectivity index (χ0n) is 6.97. The van der Waals surface area contributed by atoms with Crippen LogP contribution >= 0.6 is 0 Å². The summed E-state index contributed by atoms with van der Waals surface area (Å²) in [4.78, 5) is 2.45. The first-order valence-electron chi connectivity index (χ1n) is 4.51. The van der Waals surface area contributed by atoms with Gasteiger partial charge in [-0.15, -0.1) is 0 Å². The Kier molecular flexibility index (Phi) is 1.87. The van der Waals surface area contributed by atoms with Gasteiger partial charge in [0.2, 0.25) is 0 Å². The second-order valence-corrected chi connectivity index (χ2v) is 3.92. The highest BCUT2D eigenvalue weighted by atomic mass is 15.2. The van der Waals surface area contributed by atoms with E-state index >= 15 is 0 Å². The van der Waals surface area contributed by atoms with Crippen molar-refractivity contribution < 1.29 is 0 Å². The minimum absolute atomic E-state index is 0.0837. The Morgan fingerprint density at radius 2 is 2.27 bits per heavy atom. The zero-order chi connectivity index (χ0) is 7.73. The summed E-state index contributed by atoms with van der Waals surface area (Å²) in [5.41, 5.74) is 6.25. The summed E-state index contributed by atoms with van der Waals surface area (Å²) in [5.74, 6) is 0. The lowest BCUT2D eigenvalue weighted by atomic mass is 9.98. The Hall–Kier alpha value is -0.120. The van der Waals surface area contributed by atoms with Crippen LogP contribution in [0, 0.1) is 0 Å². The van der Waals surface area contributed by atoms with Crippen LogP contribution in [0.3, 0.4) is 0 Å². The largest absolute Gasteiger partial charge is 0.323 e. The van der Waals surface area contributed by atoms with Crippen molar-refractivity contribution >= 4 is 0 Å². The molecule has 1 unspecified atom stereocenters. The summed E-state index contributed by atoms with van der Waals surface area (Å²) in [5, 5.41) is 3.31. The van der Waals surface area contributed by atoms with Gasteiger partial charge in [0.05, 0.1) is 0 Å². The van der Waals surface area contributed by atoms with Gasteiger partial charge in [0.15, 0.2) is 0 Å². The Morgan fingerprint density at radius 3 is 2.73 bits per heavy atom. The summed E-state index contributed by atoms with van der Waals surface area (Å²) in [7, 11) is 0. The SMILES string of the molecule is NC1(CN2CCC2)CCNC1. The molecule has 0 amide bonds. The van der Waals surface area contributed by atoms with Gasteiger partial charge in [-0.2, -0.15) is 0 Å². The first-order chi connectivity index (χ1) is 5.29. The number of likely N-dealkylation sites (tertiary alicyclic amines) is 1. The van der Waals surface area contributed by atoms with Crippen LogP contribution in [0.25, 0.3) is 0 Å². The molecule has 2 saturated heterocycles. The van der Waals surface area contributed by atoms with E-state index in [-0.39, 0.29) is 5.54 Å². The maximum atomic E-state index is 6.17. The minimum Gasteiger partial charge on any atom is -0.323 e. The summed E-state index contributed by atoms with van der Waals surface area (Å²) >= 11 is 0. The fraction of sp³-hybridized carbons (Fsp3) is 1.00. The van der Waals surface area contributed by atoms with E-state index in [4.69, 9.17) is 5.73 Å². The maximum absolute atomic E-state index is 6.17. The minimum atomic E-state index is 0.0837. The monoisotopic (exact) mass is 155 g/mol. The molecule has 0 aromatic heterocycles. The molecule has 2 fully saturated rings. The number of hydrogen-bond donors (Lipinski definition) is 2. The van der Waals surface area contributed by atoms with Crippen molar-refractivity contribution in [2.75, 3.05) is 32.7 Å². The van der Waals surface area contributed by atoms with Crippen molar-refractivity contribution in [3.63, 3.8) is 0 Å². The zero-order valence-corrected chi connectivity index (χ0v) is 6.97. The molecule has 1 atom stereocenters. The van der Waals surface area contributed by atoms with Crippen molar-refractivity contribution in [1.82, 2.24) is 10.2 Å². The average Bonchev–Trinajstić information content (AvgIpc) is 2.29. The quantitative estimate of drug-likeness (QED) is 0.558. The Labute approximate surface area is 67.9 Å². The molecule has 3 nitrogen and oxygen atoms in total. The molecule has 0 bridgehead atoms. The third-order valence-electron chi connectivity index (χ3n) is 2.76. The molecule has 0 aromatic carbocycles. The number of nitrogens with one attached hydrogen (secondary N) is 1. The van der Waals surface area contributed by atoms with Crippen molar-refractivity contribution in [1.29, 1.82) is 0 Å². The molecule has 2 rings (SSSR count). The standard InChI is InChI=1S/C8H17N3/c9-8(2-3-10-6-8)7-11-4-1-5-11/h10H,1-7,9H2. The first kappa shape index (κ1) is 7.53. The Balaban J connectivity index is 1.82. The molecule has 0 spiro atoms. The molecule has 0 aromatic rings. The van der Waals surface area contributed by atoms with Crippen LogP contribution in [0.1, 0.15) is 12.8 Å². The molecule has 0 saturated carbocycles. The van der Waals surface area contributed by atoms with Crippen molar-refractivity contribution in [3.8, 4) is 0 Å². The van der Waals surface area contributed by atoms with E-state index in [1.165, 1.54) is 19.5 Å². The number of nitrogens with zero attached hydrogens (tertiary/aromatic N) is 1. The highest BCUT2D eigenvalue weighted by molar-refractivity contribution is 4.96. The van der Waals surface area contributed by atoms with Gasteiger partial charge in [-0.25, -0.2) is 0 Å². The lowest BCUT2D eigenvalue weighted by Crippen LogP contribution is -2.55. The van der Waals surface area contributed by atoms with E-state index < -0.39 is 0 Å². The fourth-order valence-electron chi connectivity index (χ4n) is 1.88. The molecule has 0 radical (unpaired) electrons. The van der Waals surface area contributed by atoms with Gasteiger partial charge in [0.25, 0.3) is 0 Å². The van der Waals surface area contributed by atoms with Gasteiger partial charge in [-0.1, -0.05) is 0 Å². The number of hydrogen-bond acceptors (Lipinski definition) is 3. The van der Waals surface area contributed by atoms with Crippen LogP contribution < -0.4 is 11.1 Å². The van der Waals surface area contributed by atoms with Crippen LogP contribution in [0.15, 0.2) is 0 Å². The predicted octanol–water partition coefficient (Wildman–Crippen LogP) is -0.617. The van der Waals surface area contributed by atoms with Gasteiger partial charge in [0.1, 0.15) is 0 Å². The molecule has 2 aliphatic rings. The second-order valence-electron chi connectivity index (χ2n) is 3.92. The van der Waals surface area contributed by atoms with Crippen LogP contribution in [0.2, 0.25) is 0 Å². The van der Waals surface area contributed by atoms with Crippen LogP contribution in [0.5, 0.6) is 0 Å². The van der Waals surface area contributed by atoms with E-state index in [1.54, 1.807) is 0 Å². The highest BCUT2D eigenvalue weighted by Crippen LogP contribution is 2.16. The predicted molar refractivity (Wildman–Crippen MR) is 45.5 cm³/mol. The molecule has 3 heteroatoms. The van der Waals surface area contributed by atoms with Gasteiger partial charge in [0, 0.05) is 18.6 Å². The van der Waals surface area contributed by atoms with Gasteiger partial charge in [-0.05, 0) is 32.5 Å². The van der Waals surface area contributed by atoms with Crippen LogP contribution in [-0.4, -0.2) is 43.2 Å². The third-order valence-corrected chi connectivity index (χ3v) is 2.76. The lowest BCUT2D eigenvalue weighted by molar-refractivity contribution is 0.143. The van der Waals surface area contributed by atoms with E-state index in [0.717, 1.165) is 26.1 Å². The van der Waals surface area contributed by atoms with Crippen molar-refractivity contribution in [2.24, 2.45) is 5.73 Å². The third kappa shape index (κ3) is 1.55. The van der Waals surface area contributed by atoms with E-state index in [1.807, 2.05) is 0 Å². The Morgan fingerprint density at radius 1 is 1.45 bits per heavy atom. The smallest absolute Gasteiger partial charge is 0.0421 e. The molecule has 11 heavy (non-hydrogen) atoms. The fourth-order valence-corrected chi connectivity index (χ4v) is 1.88. The maximum Gasteiger partial charge on any atom is 0.0421 e. The van der Waals surface area contributed by atoms with Crippen molar-refractivity contribution in [2.45, 2.75) is 18.4 Å². The van der Waals surface area contributed by atoms with E-state index in [0.29, 0.717) is 0 Å². The highest BCUT2D eigenvalue weighted by Gasteiger charge is 2.32. The lowest BCUT2D eigenvalue weighted by Gasteiger charge is -2.37. The molecule has 2 aliphatic heterocycles. The topological polar surface area (TPSA) is 41.3 Å². The molecule has 2 heterocycles. The summed E-state index contributed by atoms with van der Waals surface area (Å²) in [6, 6.07) is 0. The molecular formula is C8H17N3. The molecule has 3 N–H and O–H groups in total. The van der Waals surface area contributed by atoms with E-state index in [2.05, 4.69) is 10.2 Å². The number of nitrogens with two attached hydrogens (primary N) is 1. The summed E-state index contributed by atoms with van der Waals surface area (Å²) < 4.78 is 0. The Bertz CT molecular complexity index is 136. The van der Waals surface area contributed by atoms with Crippen LogP contribution in [-0.2, 0) is 0 Å². The van der Waals surface area contributed by atoms with Gasteiger partial charge in [-0.3, -0.25) is 0 Å². The molecular weight excluding hydrogens is 138 g/mol. The van der Waals surface area contributed by atoms with Gasteiger partial charge >= 0.3 is 0 Å². The molecule has 0 aliphatic carbocycles. The summed E-state index contributed by atoms with van der Waals surface area (Å²) in [6.07, 6.45) is 2.51.